The van der Waals surface area contributed by atoms with Crippen molar-refractivity contribution in [2.75, 3.05) is 24.4 Å². The van der Waals surface area contributed by atoms with Crippen LogP contribution in [0.3, 0.4) is 0 Å². The van der Waals surface area contributed by atoms with Crippen molar-refractivity contribution < 1.29 is 23.5 Å². The molecule has 0 fully saturated rings. The summed E-state index contributed by atoms with van der Waals surface area (Å²) in [5, 5.41) is 5.04. The second-order valence-corrected chi connectivity index (χ2v) is 6.52. The predicted molar refractivity (Wildman–Crippen MR) is 105 cm³/mol. The van der Waals surface area contributed by atoms with Crippen LogP contribution in [0.15, 0.2) is 34.8 Å². The normalized spacial score (nSPS) is 10.3. The van der Waals surface area contributed by atoms with E-state index in [1.54, 1.807) is 12.1 Å². The molecule has 0 aromatic heterocycles. The Morgan fingerprint density at radius 2 is 1.93 bits per heavy atom. The maximum absolute atomic E-state index is 13.7. The summed E-state index contributed by atoms with van der Waals surface area (Å²) < 4.78 is 25.3. The van der Waals surface area contributed by atoms with E-state index in [1.807, 2.05) is 6.92 Å². The van der Waals surface area contributed by atoms with Crippen LogP contribution in [0.1, 0.15) is 30.6 Å². The number of ether oxygens (including phenoxy) is 2. The number of anilines is 2. The molecule has 6 nitrogen and oxygen atoms in total. The second-order valence-electron chi connectivity index (χ2n) is 5.67. The fourth-order valence-corrected chi connectivity index (χ4v) is 2.84. The molecule has 2 rings (SSSR count). The van der Waals surface area contributed by atoms with Gasteiger partial charge < -0.3 is 20.1 Å². The van der Waals surface area contributed by atoms with Crippen molar-refractivity contribution in [2.24, 2.45) is 0 Å². The van der Waals surface area contributed by atoms with E-state index >= 15 is 0 Å². The van der Waals surface area contributed by atoms with Crippen molar-refractivity contribution in [3.05, 3.63) is 46.2 Å². The lowest BCUT2D eigenvalue weighted by Crippen LogP contribution is -2.14. The van der Waals surface area contributed by atoms with Gasteiger partial charge in [0.1, 0.15) is 5.82 Å². The molecule has 0 bridgehead atoms. The SMILES string of the molecule is CCCOc1c(Br)cc(C(=O)Nc2ccc(F)c(NC(C)=O)c2)cc1OC. The summed E-state index contributed by atoms with van der Waals surface area (Å²) in [4.78, 5) is 23.7. The Labute approximate surface area is 165 Å². The molecule has 0 spiro atoms. The number of carbonyl (C=O) groups excluding carboxylic acids is 2. The van der Waals surface area contributed by atoms with E-state index < -0.39 is 17.6 Å². The zero-order valence-electron chi connectivity index (χ0n) is 15.2. The lowest BCUT2D eigenvalue weighted by Gasteiger charge is -2.14. The predicted octanol–water partition coefficient (Wildman–Crippen LogP) is 4.60. The minimum atomic E-state index is -0.593. The molecule has 0 unspecified atom stereocenters. The Morgan fingerprint density at radius 1 is 1.19 bits per heavy atom. The molecule has 0 aliphatic carbocycles. The average Bonchev–Trinajstić information content (AvgIpc) is 2.62. The largest absolute Gasteiger partial charge is 0.493 e. The van der Waals surface area contributed by atoms with E-state index in [2.05, 4.69) is 26.6 Å². The number of hydrogen-bond donors (Lipinski definition) is 2. The topological polar surface area (TPSA) is 76.7 Å². The van der Waals surface area contributed by atoms with Gasteiger partial charge in [-0.25, -0.2) is 4.39 Å². The molecular weight excluding hydrogens is 419 g/mol. The van der Waals surface area contributed by atoms with Crippen molar-refractivity contribution in [1.82, 2.24) is 0 Å². The van der Waals surface area contributed by atoms with Crippen LogP contribution in [0.5, 0.6) is 11.5 Å². The van der Waals surface area contributed by atoms with Crippen LogP contribution in [0.25, 0.3) is 0 Å². The molecule has 0 saturated heterocycles. The van der Waals surface area contributed by atoms with Gasteiger partial charge in [0.2, 0.25) is 5.91 Å². The summed E-state index contributed by atoms with van der Waals surface area (Å²) in [6, 6.07) is 7.09. The quantitative estimate of drug-likeness (QED) is 0.662. The van der Waals surface area contributed by atoms with Crippen LogP contribution in [0, 0.1) is 5.82 Å². The Morgan fingerprint density at radius 3 is 2.56 bits per heavy atom. The third-order valence-electron chi connectivity index (χ3n) is 3.48. The van der Waals surface area contributed by atoms with Gasteiger partial charge in [0.25, 0.3) is 5.91 Å². The molecule has 2 aromatic carbocycles. The number of carbonyl (C=O) groups is 2. The van der Waals surface area contributed by atoms with E-state index in [1.165, 1.54) is 32.2 Å². The Hall–Kier alpha value is -2.61. The van der Waals surface area contributed by atoms with E-state index in [4.69, 9.17) is 9.47 Å². The van der Waals surface area contributed by atoms with Crippen LogP contribution in [0.2, 0.25) is 0 Å². The first-order chi connectivity index (χ1) is 12.8. The molecule has 8 heteroatoms. The lowest BCUT2D eigenvalue weighted by atomic mass is 10.1. The molecule has 0 radical (unpaired) electrons. The van der Waals surface area contributed by atoms with Gasteiger partial charge in [-0.2, -0.15) is 0 Å². The standard InChI is InChI=1S/C19H20BrFN2O4/c1-4-7-27-18-14(20)8-12(9-17(18)26-3)19(25)23-13-5-6-15(21)16(10-13)22-11(2)24/h5-6,8-10H,4,7H2,1-3H3,(H,22,24)(H,23,25). The second kappa shape index (κ2) is 9.36. The van der Waals surface area contributed by atoms with Gasteiger partial charge in [-0.15, -0.1) is 0 Å². The maximum atomic E-state index is 13.7. The Kier molecular flexibility index (Phi) is 7.18. The molecule has 2 N–H and O–H groups in total. The van der Waals surface area contributed by atoms with Gasteiger partial charge in [-0.1, -0.05) is 6.92 Å². The van der Waals surface area contributed by atoms with Crippen LogP contribution < -0.4 is 20.1 Å². The van der Waals surface area contributed by atoms with Gasteiger partial charge in [0, 0.05) is 18.2 Å². The average molecular weight is 439 g/mol. The molecule has 27 heavy (non-hydrogen) atoms. The van der Waals surface area contributed by atoms with Crippen LogP contribution in [-0.4, -0.2) is 25.5 Å². The number of hydrogen-bond acceptors (Lipinski definition) is 4. The molecule has 0 aliphatic rings. The number of benzene rings is 2. The van der Waals surface area contributed by atoms with Crippen molar-refractivity contribution in [1.29, 1.82) is 0 Å². The minimum Gasteiger partial charge on any atom is -0.493 e. The van der Waals surface area contributed by atoms with Gasteiger partial charge in [0.15, 0.2) is 11.5 Å². The maximum Gasteiger partial charge on any atom is 0.255 e. The summed E-state index contributed by atoms with van der Waals surface area (Å²) in [7, 11) is 1.49. The molecule has 144 valence electrons. The fraction of sp³-hybridized carbons (Fsp3) is 0.263. The lowest BCUT2D eigenvalue weighted by molar-refractivity contribution is -0.114. The number of methoxy groups -OCH3 is 1. The highest BCUT2D eigenvalue weighted by atomic mass is 79.9. The van der Waals surface area contributed by atoms with Crippen LogP contribution in [0.4, 0.5) is 15.8 Å². The van der Waals surface area contributed by atoms with E-state index in [0.717, 1.165) is 6.42 Å². The summed E-state index contributed by atoms with van der Waals surface area (Å²) in [5.74, 6) is -0.484. The third kappa shape index (κ3) is 5.43. The van der Waals surface area contributed by atoms with E-state index in [0.29, 0.717) is 33.8 Å². The van der Waals surface area contributed by atoms with Crippen molar-refractivity contribution in [3.63, 3.8) is 0 Å². The summed E-state index contributed by atoms with van der Waals surface area (Å²) in [6.45, 7) is 3.78. The summed E-state index contributed by atoms with van der Waals surface area (Å²) in [6.07, 6.45) is 0.832. The van der Waals surface area contributed by atoms with Gasteiger partial charge in [-0.3, -0.25) is 9.59 Å². The third-order valence-corrected chi connectivity index (χ3v) is 4.07. The van der Waals surface area contributed by atoms with E-state index in [9.17, 15) is 14.0 Å². The molecule has 0 saturated carbocycles. The first-order valence-electron chi connectivity index (χ1n) is 8.24. The highest BCUT2D eigenvalue weighted by Gasteiger charge is 2.16. The van der Waals surface area contributed by atoms with Crippen molar-refractivity contribution in [3.8, 4) is 11.5 Å². The molecule has 0 atom stereocenters. The fourth-order valence-electron chi connectivity index (χ4n) is 2.29. The highest BCUT2D eigenvalue weighted by Crippen LogP contribution is 2.37. The Bertz CT molecular complexity index is 858. The van der Waals surface area contributed by atoms with Gasteiger partial charge >= 0.3 is 0 Å². The molecular formula is C19H20BrFN2O4. The number of halogens is 2. The Balaban J connectivity index is 2.25. The van der Waals surface area contributed by atoms with E-state index in [-0.39, 0.29) is 5.69 Å². The first kappa shape index (κ1) is 20.7. The van der Waals surface area contributed by atoms with Crippen LogP contribution >= 0.6 is 15.9 Å². The smallest absolute Gasteiger partial charge is 0.255 e. The zero-order chi connectivity index (χ0) is 20.0. The molecule has 0 aliphatic heterocycles. The summed E-state index contributed by atoms with van der Waals surface area (Å²) in [5.41, 5.74) is 0.655. The monoisotopic (exact) mass is 438 g/mol. The number of rotatable bonds is 7. The number of nitrogens with one attached hydrogen (secondary N) is 2. The van der Waals surface area contributed by atoms with Crippen LogP contribution in [-0.2, 0) is 4.79 Å². The van der Waals surface area contributed by atoms with Crippen molar-refractivity contribution >= 4 is 39.1 Å². The summed E-state index contributed by atoms with van der Waals surface area (Å²) >= 11 is 3.39. The van der Waals surface area contributed by atoms with Crippen molar-refractivity contribution in [2.45, 2.75) is 20.3 Å². The molecule has 0 heterocycles. The zero-order valence-corrected chi connectivity index (χ0v) is 16.8. The minimum absolute atomic E-state index is 0.0117. The molecule has 2 amide bonds. The van der Waals surface area contributed by atoms with Gasteiger partial charge in [-0.05, 0) is 52.7 Å². The first-order valence-corrected chi connectivity index (χ1v) is 9.03. The number of amides is 2. The van der Waals surface area contributed by atoms with Gasteiger partial charge in [0.05, 0.1) is 23.9 Å². The highest BCUT2D eigenvalue weighted by molar-refractivity contribution is 9.10. The molecule has 2 aromatic rings.